The van der Waals surface area contributed by atoms with Crippen molar-refractivity contribution in [1.29, 1.82) is 0 Å². The molecule has 0 aromatic heterocycles. The second-order valence-corrected chi connectivity index (χ2v) is 5.08. The normalized spacial score (nSPS) is 18.4. The van der Waals surface area contributed by atoms with Gasteiger partial charge < -0.3 is 15.7 Å². The molecule has 0 fully saturated rings. The molecule has 1 aromatic rings. The maximum absolute atomic E-state index is 12.5. The van der Waals surface area contributed by atoms with Crippen LogP contribution in [0.5, 0.6) is 0 Å². The van der Waals surface area contributed by atoms with Crippen molar-refractivity contribution in [3.8, 4) is 0 Å². The van der Waals surface area contributed by atoms with Gasteiger partial charge in [0.15, 0.2) is 0 Å². The fourth-order valence-electron chi connectivity index (χ4n) is 2.85. The molecule has 0 saturated carbocycles. The summed E-state index contributed by atoms with van der Waals surface area (Å²) in [5.74, 6) is -1.98. The Labute approximate surface area is 122 Å². The molecule has 2 unspecified atom stereocenters. The Morgan fingerprint density at radius 3 is 2.62 bits per heavy atom. The van der Waals surface area contributed by atoms with Gasteiger partial charge in [0.1, 0.15) is 6.04 Å². The van der Waals surface area contributed by atoms with E-state index in [1.54, 1.807) is 12.1 Å². The third-order valence-corrected chi connectivity index (χ3v) is 3.79. The van der Waals surface area contributed by atoms with Gasteiger partial charge in [-0.25, -0.2) is 4.79 Å². The minimum Gasteiger partial charge on any atom is -0.480 e. The summed E-state index contributed by atoms with van der Waals surface area (Å²) < 4.78 is 0. The first kappa shape index (κ1) is 15.0. The monoisotopic (exact) mass is 290 g/mol. The van der Waals surface area contributed by atoms with Gasteiger partial charge in [-0.2, -0.15) is 0 Å². The highest BCUT2D eigenvalue weighted by molar-refractivity contribution is 6.01. The SMILES string of the molecule is CCC1c2ccccc2C(=O)N1C(CCC(N)=O)C(=O)O. The molecule has 1 heterocycles. The number of carbonyl (C=O) groups excluding carboxylic acids is 2. The molecule has 0 saturated heterocycles. The van der Waals surface area contributed by atoms with Crippen molar-refractivity contribution in [1.82, 2.24) is 4.90 Å². The molecule has 21 heavy (non-hydrogen) atoms. The number of benzene rings is 1. The lowest BCUT2D eigenvalue weighted by Crippen LogP contribution is -2.44. The first-order chi connectivity index (χ1) is 9.97. The number of carboxylic acid groups (broad SMARTS) is 1. The first-order valence-corrected chi connectivity index (χ1v) is 6.90. The summed E-state index contributed by atoms with van der Waals surface area (Å²) in [7, 11) is 0. The average molecular weight is 290 g/mol. The number of primary amides is 1. The zero-order valence-corrected chi connectivity index (χ0v) is 11.8. The van der Waals surface area contributed by atoms with Crippen LogP contribution < -0.4 is 5.73 Å². The molecule has 1 aliphatic heterocycles. The van der Waals surface area contributed by atoms with Gasteiger partial charge in [0.2, 0.25) is 5.91 Å². The molecule has 6 heteroatoms. The largest absolute Gasteiger partial charge is 0.480 e. The summed E-state index contributed by atoms with van der Waals surface area (Å²) in [6.07, 6.45) is 0.581. The summed E-state index contributed by atoms with van der Waals surface area (Å²) in [6.45, 7) is 1.90. The van der Waals surface area contributed by atoms with E-state index in [2.05, 4.69) is 0 Å². The number of carboxylic acids is 1. The summed E-state index contributed by atoms with van der Waals surface area (Å²) in [6, 6.07) is 5.82. The van der Waals surface area contributed by atoms with Gasteiger partial charge in [-0.3, -0.25) is 9.59 Å². The molecule has 3 N–H and O–H groups in total. The van der Waals surface area contributed by atoms with Gasteiger partial charge in [0, 0.05) is 12.0 Å². The Balaban J connectivity index is 2.35. The van der Waals surface area contributed by atoms with Crippen LogP contribution in [0.1, 0.15) is 48.1 Å². The van der Waals surface area contributed by atoms with Crippen LogP contribution in [0.3, 0.4) is 0 Å². The highest BCUT2D eigenvalue weighted by atomic mass is 16.4. The maximum atomic E-state index is 12.5. The second-order valence-electron chi connectivity index (χ2n) is 5.08. The fourth-order valence-corrected chi connectivity index (χ4v) is 2.85. The van der Waals surface area contributed by atoms with Crippen LogP contribution in [0, 0.1) is 0 Å². The van der Waals surface area contributed by atoms with Crippen LogP contribution in [-0.2, 0) is 9.59 Å². The first-order valence-electron chi connectivity index (χ1n) is 6.90. The van der Waals surface area contributed by atoms with E-state index in [1.165, 1.54) is 4.90 Å². The van der Waals surface area contributed by atoms with E-state index in [0.717, 1.165) is 5.56 Å². The number of rotatable bonds is 6. The lowest BCUT2D eigenvalue weighted by Gasteiger charge is -2.30. The quantitative estimate of drug-likeness (QED) is 0.824. The molecular formula is C15H18N2O4. The third-order valence-electron chi connectivity index (χ3n) is 3.79. The highest BCUT2D eigenvalue weighted by Crippen LogP contribution is 2.38. The van der Waals surface area contributed by atoms with Crippen molar-refractivity contribution < 1.29 is 19.5 Å². The van der Waals surface area contributed by atoms with E-state index >= 15 is 0 Å². The molecule has 112 valence electrons. The molecule has 0 aliphatic carbocycles. The lowest BCUT2D eigenvalue weighted by atomic mass is 10.0. The van der Waals surface area contributed by atoms with Crippen molar-refractivity contribution in [2.45, 2.75) is 38.3 Å². The third kappa shape index (κ3) is 2.74. The average Bonchev–Trinajstić information content (AvgIpc) is 2.72. The molecule has 6 nitrogen and oxygen atoms in total. The van der Waals surface area contributed by atoms with Crippen molar-refractivity contribution in [3.05, 3.63) is 35.4 Å². The molecule has 1 aromatic carbocycles. The Morgan fingerprint density at radius 1 is 1.38 bits per heavy atom. The second kappa shape index (κ2) is 5.95. The molecule has 1 aliphatic rings. The minimum absolute atomic E-state index is 0.0287. The lowest BCUT2D eigenvalue weighted by molar-refractivity contribution is -0.143. The van der Waals surface area contributed by atoms with E-state index in [1.807, 2.05) is 19.1 Å². The van der Waals surface area contributed by atoms with Crippen LogP contribution >= 0.6 is 0 Å². The van der Waals surface area contributed by atoms with Crippen molar-refractivity contribution in [3.63, 3.8) is 0 Å². The predicted molar refractivity (Wildman–Crippen MR) is 75.5 cm³/mol. The number of fused-ring (bicyclic) bond motifs is 1. The summed E-state index contributed by atoms with van der Waals surface area (Å²) in [4.78, 5) is 36.3. The topological polar surface area (TPSA) is 101 Å². The molecule has 0 bridgehead atoms. The molecule has 2 amide bonds. The zero-order valence-electron chi connectivity index (χ0n) is 11.8. The summed E-state index contributed by atoms with van der Waals surface area (Å²) in [5.41, 5.74) is 6.47. The van der Waals surface area contributed by atoms with Crippen molar-refractivity contribution in [2.75, 3.05) is 0 Å². The summed E-state index contributed by atoms with van der Waals surface area (Å²) >= 11 is 0. The molecule has 0 radical (unpaired) electrons. The van der Waals surface area contributed by atoms with Gasteiger partial charge in [-0.15, -0.1) is 0 Å². The smallest absolute Gasteiger partial charge is 0.326 e. The number of amides is 2. The molecule has 2 atom stereocenters. The number of hydrogen-bond acceptors (Lipinski definition) is 3. The maximum Gasteiger partial charge on any atom is 0.326 e. The Kier molecular flexibility index (Phi) is 4.26. The number of nitrogens with zero attached hydrogens (tertiary/aromatic N) is 1. The van der Waals surface area contributed by atoms with Crippen LogP contribution in [-0.4, -0.2) is 33.8 Å². The van der Waals surface area contributed by atoms with E-state index in [-0.39, 0.29) is 24.8 Å². The number of aliphatic carboxylic acids is 1. The van der Waals surface area contributed by atoms with Gasteiger partial charge >= 0.3 is 5.97 Å². The highest BCUT2D eigenvalue weighted by Gasteiger charge is 2.42. The molecule has 2 rings (SSSR count). The van der Waals surface area contributed by atoms with Gasteiger partial charge in [0.25, 0.3) is 5.91 Å². The van der Waals surface area contributed by atoms with Crippen LogP contribution in [0.15, 0.2) is 24.3 Å². The minimum atomic E-state index is -1.11. The van der Waals surface area contributed by atoms with Crippen LogP contribution in [0.25, 0.3) is 0 Å². The predicted octanol–water partition coefficient (Wildman–Crippen LogP) is 1.31. The van der Waals surface area contributed by atoms with Crippen LogP contribution in [0.2, 0.25) is 0 Å². The number of nitrogens with two attached hydrogens (primary N) is 1. The Bertz CT molecular complexity index is 585. The molecular weight excluding hydrogens is 272 g/mol. The van der Waals surface area contributed by atoms with E-state index in [9.17, 15) is 19.5 Å². The standard InChI is InChI=1S/C15H18N2O4/c1-2-11-9-5-3-4-6-10(9)14(19)17(11)12(15(20)21)7-8-13(16)18/h3-6,11-12H,2,7-8H2,1H3,(H2,16,18)(H,20,21). The zero-order chi connectivity index (χ0) is 15.6. The Hall–Kier alpha value is -2.37. The van der Waals surface area contributed by atoms with E-state index < -0.39 is 17.9 Å². The summed E-state index contributed by atoms with van der Waals surface area (Å²) in [5, 5.41) is 9.41. The van der Waals surface area contributed by atoms with Gasteiger partial charge in [0.05, 0.1) is 6.04 Å². The fraction of sp³-hybridized carbons (Fsp3) is 0.400. The van der Waals surface area contributed by atoms with Gasteiger partial charge in [-0.1, -0.05) is 25.1 Å². The number of hydrogen-bond donors (Lipinski definition) is 2. The molecule has 0 spiro atoms. The van der Waals surface area contributed by atoms with E-state index in [4.69, 9.17) is 5.73 Å². The van der Waals surface area contributed by atoms with Crippen LogP contribution in [0.4, 0.5) is 0 Å². The number of carbonyl (C=O) groups is 3. The van der Waals surface area contributed by atoms with Crippen molar-refractivity contribution in [2.24, 2.45) is 5.73 Å². The van der Waals surface area contributed by atoms with Crippen molar-refractivity contribution >= 4 is 17.8 Å². The van der Waals surface area contributed by atoms with Gasteiger partial charge in [-0.05, 0) is 24.5 Å². The van der Waals surface area contributed by atoms with E-state index in [0.29, 0.717) is 12.0 Å². The Morgan fingerprint density at radius 2 is 2.05 bits per heavy atom.